The minimum atomic E-state index is -0.422. The molecule has 6 heteroatoms. The van der Waals surface area contributed by atoms with Gasteiger partial charge in [0.1, 0.15) is 0 Å². The van der Waals surface area contributed by atoms with Crippen LogP contribution in [0.4, 0.5) is 5.69 Å². The molecule has 0 atom stereocenters. The molecule has 1 N–H and O–H groups in total. The zero-order valence-electron chi connectivity index (χ0n) is 10.8. The highest BCUT2D eigenvalue weighted by atomic mass is 16.6. The number of aryl methyl sites for hydroxylation is 1. The van der Waals surface area contributed by atoms with E-state index in [1.807, 2.05) is 0 Å². The first kappa shape index (κ1) is 13.2. The Hall–Kier alpha value is -2.24. The van der Waals surface area contributed by atoms with Crippen molar-refractivity contribution in [1.29, 1.82) is 0 Å². The number of benzene rings is 1. The Kier molecular flexibility index (Phi) is 3.59. The first-order chi connectivity index (χ1) is 8.99. The number of nitro groups is 1. The van der Waals surface area contributed by atoms with Crippen LogP contribution in [0.3, 0.4) is 0 Å². The number of rotatable bonds is 4. The number of hydrogen-bond acceptors (Lipinski definition) is 4. The average molecular weight is 261 g/mol. The summed E-state index contributed by atoms with van der Waals surface area (Å²) in [5.41, 5.74) is 4.33. The number of amides is 1. The lowest BCUT2D eigenvalue weighted by molar-refractivity contribution is -0.385. The SMILES string of the molecule is C/C(=N\NC(=O)C1CC1)c1ccc(C)c([N+](=O)[O-])c1. The molecule has 19 heavy (non-hydrogen) atoms. The second kappa shape index (κ2) is 5.17. The molecule has 0 radical (unpaired) electrons. The number of hydrazone groups is 1. The molecular formula is C13H15N3O3. The highest BCUT2D eigenvalue weighted by Gasteiger charge is 2.29. The first-order valence-corrected chi connectivity index (χ1v) is 6.08. The molecule has 0 unspecified atom stereocenters. The van der Waals surface area contributed by atoms with Gasteiger partial charge in [-0.15, -0.1) is 0 Å². The van der Waals surface area contributed by atoms with E-state index >= 15 is 0 Å². The normalized spacial score (nSPS) is 15.2. The maximum Gasteiger partial charge on any atom is 0.272 e. The Balaban J connectivity index is 2.15. The van der Waals surface area contributed by atoms with E-state index in [2.05, 4.69) is 10.5 Å². The summed E-state index contributed by atoms with van der Waals surface area (Å²) in [6.07, 6.45) is 1.83. The van der Waals surface area contributed by atoms with Gasteiger partial charge in [-0.05, 0) is 26.7 Å². The van der Waals surface area contributed by atoms with Crippen LogP contribution in [0.25, 0.3) is 0 Å². The number of carbonyl (C=O) groups is 1. The molecule has 0 aromatic heterocycles. The van der Waals surface area contributed by atoms with Gasteiger partial charge in [0, 0.05) is 23.1 Å². The largest absolute Gasteiger partial charge is 0.273 e. The lowest BCUT2D eigenvalue weighted by Gasteiger charge is -2.03. The molecule has 100 valence electrons. The summed E-state index contributed by atoms with van der Waals surface area (Å²) in [7, 11) is 0. The van der Waals surface area contributed by atoms with Crippen LogP contribution in [0, 0.1) is 23.0 Å². The Labute approximate surface area is 110 Å². The van der Waals surface area contributed by atoms with Gasteiger partial charge in [0.15, 0.2) is 0 Å². The van der Waals surface area contributed by atoms with Crippen molar-refractivity contribution in [2.75, 3.05) is 0 Å². The summed E-state index contributed by atoms with van der Waals surface area (Å²) < 4.78 is 0. The van der Waals surface area contributed by atoms with Gasteiger partial charge in [-0.2, -0.15) is 5.10 Å². The fourth-order valence-electron chi connectivity index (χ4n) is 1.67. The van der Waals surface area contributed by atoms with Crippen molar-refractivity contribution in [1.82, 2.24) is 5.43 Å². The molecule has 1 aliphatic carbocycles. The molecule has 1 fully saturated rings. The number of nitrogens with zero attached hydrogens (tertiary/aromatic N) is 2. The molecule has 0 saturated heterocycles. The first-order valence-electron chi connectivity index (χ1n) is 6.08. The molecule has 0 aliphatic heterocycles. The van der Waals surface area contributed by atoms with Crippen molar-refractivity contribution < 1.29 is 9.72 Å². The molecule has 1 aromatic rings. The van der Waals surface area contributed by atoms with Crippen molar-refractivity contribution in [3.63, 3.8) is 0 Å². The van der Waals surface area contributed by atoms with Crippen molar-refractivity contribution in [3.05, 3.63) is 39.4 Å². The fraction of sp³-hybridized carbons (Fsp3) is 0.385. The van der Waals surface area contributed by atoms with Crippen molar-refractivity contribution in [2.45, 2.75) is 26.7 Å². The summed E-state index contributed by atoms with van der Waals surface area (Å²) in [6.45, 7) is 3.39. The maximum atomic E-state index is 11.4. The predicted molar refractivity (Wildman–Crippen MR) is 70.9 cm³/mol. The average Bonchev–Trinajstić information content (AvgIpc) is 3.20. The molecule has 0 spiro atoms. The quantitative estimate of drug-likeness (QED) is 0.512. The lowest BCUT2D eigenvalue weighted by Crippen LogP contribution is -2.20. The third-order valence-electron chi connectivity index (χ3n) is 3.11. The van der Waals surface area contributed by atoms with E-state index in [-0.39, 0.29) is 17.5 Å². The Morgan fingerprint density at radius 1 is 1.47 bits per heavy atom. The highest BCUT2D eigenvalue weighted by molar-refractivity contribution is 6.00. The van der Waals surface area contributed by atoms with Crippen LogP contribution in [-0.4, -0.2) is 16.5 Å². The number of carbonyl (C=O) groups excluding carboxylic acids is 1. The Morgan fingerprint density at radius 2 is 2.16 bits per heavy atom. The zero-order chi connectivity index (χ0) is 14.0. The standard InChI is InChI=1S/C13H15N3O3/c1-8-3-4-11(7-12(8)16(18)19)9(2)14-15-13(17)10-5-6-10/h3-4,7,10H,5-6H2,1-2H3,(H,15,17)/b14-9+. The Bertz CT molecular complexity index is 562. The Morgan fingerprint density at radius 3 is 2.74 bits per heavy atom. The van der Waals surface area contributed by atoms with Gasteiger partial charge in [0.2, 0.25) is 5.91 Å². The smallest absolute Gasteiger partial charge is 0.272 e. The summed E-state index contributed by atoms with van der Waals surface area (Å²) in [4.78, 5) is 21.9. The molecule has 6 nitrogen and oxygen atoms in total. The lowest BCUT2D eigenvalue weighted by atomic mass is 10.1. The van der Waals surface area contributed by atoms with Crippen LogP contribution in [0.2, 0.25) is 0 Å². The van der Waals surface area contributed by atoms with Crippen molar-refractivity contribution >= 4 is 17.3 Å². The van der Waals surface area contributed by atoms with Crippen molar-refractivity contribution in [3.8, 4) is 0 Å². The summed E-state index contributed by atoms with van der Waals surface area (Å²) in [6, 6.07) is 4.90. The van der Waals surface area contributed by atoms with E-state index in [1.54, 1.807) is 26.0 Å². The third kappa shape index (κ3) is 3.15. The maximum absolute atomic E-state index is 11.4. The highest BCUT2D eigenvalue weighted by Crippen LogP contribution is 2.28. The topological polar surface area (TPSA) is 84.6 Å². The molecule has 0 heterocycles. The van der Waals surface area contributed by atoms with Gasteiger partial charge in [-0.3, -0.25) is 14.9 Å². The predicted octanol–water partition coefficient (Wildman–Crippen LogP) is 2.15. The van der Waals surface area contributed by atoms with Crippen LogP contribution < -0.4 is 5.43 Å². The summed E-state index contributed by atoms with van der Waals surface area (Å²) in [5, 5.41) is 14.8. The van der Waals surface area contributed by atoms with Gasteiger partial charge < -0.3 is 0 Å². The van der Waals surface area contributed by atoms with E-state index in [4.69, 9.17) is 0 Å². The monoisotopic (exact) mass is 261 g/mol. The van der Waals surface area contributed by atoms with Gasteiger partial charge >= 0.3 is 0 Å². The van der Waals surface area contributed by atoms with E-state index in [0.717, 1.165) is 12.8 Å². The van der Waals surface area contributed by atoms with Crippen LogP contribution in [0.5, 0.6) is 0 Å². The van der Waals surface area contributed by atoms with E-state index in [0.29, 0.717) is 16.8 Å². The molecule has 1 saturated carbocycles. The number of nitrogens with one attached hydrogen (secondary N) is 1. The summed E-state index contributed by atoms with van der Waals surface area (Å²) >= 11 is 0. The molecular weight excluding hydrogens is 246 g/mol. The van der Waals surface area contributed by atoms with Gasteiger partial charge in [-0.25, -0.2) is 5.43 Å². The van der Waals surface area contributed by atoms with Gasteiger partial charge in [0.25, 0.3) is 5.69 Å². The van der Waals surface area contributed by atoms with Gasteiger partial charge in [-0.1, -0.05) is 12.1 Å². The second-order valence-corrected chi connectivity index (χ2v) is 4.71. The van der Waals surface area contributed by atoms with Crippen LogP contribution >= 0.6 is 0 Å². The van der Waals surface area contributed by atoms with E-state index in [9.17, 15) is 14.9 Å². The molecule has 2 rings (SSSR count). The molecule has 1 aromatic carbocycles. The minimum Gasteiger partial charge on any atom is -0.273 e. The van der Waals surface area contributed by atoms with Crippen molar-refractivity contribution in [2.24, 2.45) is 11.0 Å². The van der Waals surface area contributed by atoms with Gasteiger partial charge in [0.05, 0.1) is 10.6 Å². The number of hydrogen-bond donors (Lipinski definition) is 1. The van der Waals surface area contributed by atoms with Crippen LogP contribution in [0.1, 0.15) is 30.9 Å². The summed E-state index contributed by atoms with van der Waals surface area (Å²) in [5.74, 6) is 0.00450. The molecule has 1 aliphatic rings. The number of nitro benzene ring substituents is 1. The van der Waals surface area contributed by atoms with E-state index < -0.39 is 4.92 Å². The fourth-order valence-corrected chi connectivity index (χ4v) is 1.67. The second-order valence-electron chi connectivity index (χ2n) is 4.71. The molecule has 0 bridgehead atoms. The van der Waals surface area contributed by atoms with E-state index in [1.165, 1.54) is 6.07 Å². The van der Waals surface area contributed by atoms with Crippen LogP contribution in [0.15, 0.2) is 23.3 Å². The molecule has 1 amide bonds. The third-order valence-corrected chi connectivity index (χ3v) is 3.11. The zero-order valence-corrected chi connectivity index (χ0v) is 10.8. The van der Waals surface area contributed by atoms with Crippen LogP contribution in [-0.2, 0) is 4.79 Å². The minimum absolute atomic E-state index is 0.0561.